The number of aliphatic hydroxyl groups excluding tert-OH is 1. The number of aliphatic hydroxyl groups is 1. The number of esters is 4. The molecule has 0 spiro atoms. The Kier molecular flexibility index (Phi) is 70.5. The monoisotopic (exact) mass is 1470 g/mol. The summed E-state index contributed by atoms with van der Waals surface area (Å²) in [5.41, 5.74) is 0. The lowest BCUT2D eigenvalue weighted by Gasteiger charge is -2.21. The molecule has 0 heterocycles. The molecular weight excluding hydrogens is 1330 g/mol. The summed E-state index contributed by atoms with van der Waals surface area (Å²) in [5.74, 6) is -2.39. The van der Waals surface area contributed by atoms with Crippen LogP contribution in [0.4, 0.5) is 0 Å². The predicted octanol–water partition coefficient (Wildman–Crippen LogP) is 22.7. The maximum Gasteiger partial charge on any atom is 0.472 e. The van der Waals surface area contributed by atoms with Crippen molar-refractivity contribution in [1.29, 1.82) is 0 Å². The van der Waals surface area contributed by atoms with Crippen molar-refractivity contribution < 1.29 is 80.2 Å². The molecule has 0 fully saturated rings. The Hall–Kier alpha value is -5.06. The lowest BCUT2D eigenvalue weighted by atomic mass is 10.0. The quantitative estimate of drug-likeness (QED) is 0.0169. The molecule has 0 rings (SSSR count). The molecule has 102 heavy (non-hydrogen) atoms. The van der Waals surface area contributed by atoms with Crippen LogP contribution in [0.5, 0.6) is 0 Å². The van der Waals surface area contributed by atoms with Gasteiger partial charge in [0.15, 0.2) is 12.2 Å². The average molecular weight is 1470 g/mol. The second-order valence-electron chi connectivity index (χ2n) is 25.6. The molecule has 0 aliphatic carbocycles. The number of unbranched alkanes of at least 4 members (excludes halogenated alkanes) is 23. The third kappa shape index (κ3) is 73.3. The van der Waals surface area contributed by atoms with Crippen LogP contribution in [0.2, 0.25) is 0 Å². The largest absolute Gasteiger partial charge is 0.472 e. The fourth-order valence-electron chi connectivity index (χ4n) is 9.94. The van der Waals surface area contributed by atoms with Crippen LogP contribution in [0.1, 0.15) is 297 Å². The summed E-state index contributed by atoms with van der Waals surface area (Å²) >= 11 is 0. The first-order chi connectivity index (χ1) is 49.7. The van der Waals surface area contributed by atoms with E-state index in [0.717, 1.165) is 141 Å². The zero-order valence-electron chi connectivity index (χ0n) is 63.5. The number of hydrogen-bond donors (Lipinski definition) is 3. The van der Waals surface area contributed by atoms with E-state index in [-0.39, 0.29) is 25.7 Å². The summed E-state index contributed by atoms with van der Waals surface area (Å²) in [4.78, 5) is 72.9. The fraction of sp³-hybridized carbons (Fsp3) is 0.663. The molecule has 0 bridgehead atoms. The first kappa shape index (κ1) is 96.9. The van der Waals surface area contributed by atoms with Gasteiger partial charge in [0.1, 0.15) is 19.3 Å². The van der Waals surface area contributed by atoms with Crippen LogP contribution in [0.15, 0.2) is 146 Å². The van der Waals surface area contributed by atoms with E-state index in [2.05, 4.69) is 149 Å². The summed E-state index contributed by atoms with van der Waals surface area (Å²) in [5, 5.41) is 10.6. The van der Waals surface area contributed by atoms with Gasteiger partial charge in [0.05, 0.1) is 32.8 Å². The number of ether oxygens (including phenoxy) is 4. The van der Waals surface area contributed by atoms with E-state index in [0.29, 0.717) is 32.1 Å². The van der Waals surface area contributed by atoms with Crippen molar-refractivity contribution >= 4 is 39.5 Å². The number of carbonyl (C=O) groups excluding carboxylic acids is 4. The standard InChI is InChI=1S/C83H138O17P2/c1-5-9-13-17-21-25-29-33-36-37-38-39-42-45-48-52-56-60-64-68-81(86)94-74-79(100-83(88)70-66-62-58-54-50-46-41-35-31-27-23-19-15-11-7-3)76-98-102(91,92)96-72-77(84)71-95-101(89,90)97-75-78(99-82(87)69-65-61-57-53-49-43-32-28-24-20-16-12-8-4)73-93-80(85)67-63-59-55-51-47-44-40-34-30-26-22-18-14-10-6-2/h10-11,14-15,21-23,25-27,33-36,38-41,47,50-51,54,59,63,77-79,84H,5-9,12-13,16-20,24,28-32,37,42-46,48-49,52-53,55-58,60-62,64-76H2,1-4H3,(H,89,90)(H,91,92)/b14-10-,15-11-,25-21-,26-22-,27-23-,36-33-,39-38-,40-34-,41-35-,51-47-,54-50-,63-59-. The van der Waals surface area contributed by atoms with Gasteiger partial charge < -0.3 is 33.8 Å². The highest BCUT2D eigenvalue weighted by Crippen LogP contribution is 2.45. The minimum Gasteiger partial charge on any atom is -0.462 e. The van der Waals surface area contributed by atoms with Gasteiger partial charge in [-0.15, -0.1) is 0 Å². The zero-order valence-corrected chi connectivity index (χ0v) is 65.3. The van der Waals surface area contributed by atoms with Crippen LogP contribution in [0.25, 0.3) is 0 Å². The Bertz CT molecular complexity index is 2510. The second-order valence-corrected chi connectivity index (χ2v) is 28.5. The van der Waals surface area contributed by atoms with Gasteiger partial charge in [-0.2, -0.15) is 0 Å². The molecule has 0 aromatic heterocycles. The highest BCUT2D eigenvalue weighted by molar-refractivity contribution is 7.47. The van der Waals surface area contributed by atoms with E-state index in [9.17, 15) is 43.2 Å². The smallest absolute Gasteiger partial charge is 0.462 e. The van der Waals surface area contributed by atoms with Crippen molar-refractivity contribution in [2.75, 3.05) is 39.6 Å². The summed E-state index contributed by atoms with van der Waals surface area (Å²) in [6.07, 6.45) is 84.4. The van der Waals surface area contributed by atoms with Crippen LogP contribution < -0.4 is 0 Å². The van der Waals surface area contributed by atoms with Gasteiger partial charge in [0.2, 0.25) is 0 Å². The minimum atomic E-state index is -5.00. The molecule has 0 aliphatic rings. The summed E-state index contributed by atoms with van der Waals surface area (Å²) in [6, 6.07) is 0. The lowest BCUT2D eigenvalue weighted by Crippen LogP contribution is -2.30. The Labute approximate surface area is 617 Å². The first-order valence-electron chi connectivity index (χ1n) is 39.1. The molecule has 19 heteroatoms. The third-order valence-electron chi connectivity index (χ3n) is 15.8. The van der Waals surface area contributed by atoms with Crippen molar-refractivity contribution in [2.45, 2.75) is 316 Å². The van der Waals surface area contributed by atoms with E-state index in [4.69, 9.17) is 37.0 Å². The van der Waals surface area contributed by atoms with Gasteiger partial charge in [-0.3, -0.25) is 37.3 Å². The maximum absolute atomic E-state index is 13.1. The Morgan fingerprint density at radius 3 is 0.912 bits per heavy atom. The number of phosphoric acid groups is 2. The van der Waals surface area contributed by atoms with Crippen LogP contribution >= 0.6 is 15.6 Å². The van der Waals surface area contributed by atoms with Gasteiger partial charge in [0.25, 0.3) is 0 Å². The number of phosphoric ester groups is 2. The molecule has 3 N–H and O–H groups in total. The van der Waals surface area contributed by atoms with E-state index in [1.807, 2.05) is 18.2 Å². The molecule has 0 saturated heterocycles. The minimum absolute atomic E-state index is 0.0338. The number of allylic oxidation sites excluding steroid dienone is 23. The Morgan fingerprint density at radius 2 is 0.549 bits per heavy atom. The van der Waals surface area contributed by atoms with Gasteiger partial charge in [0, 0.05) is 19.3 Å². The molecule has 582 valence electrons. The van der Waals surface area contributed by atoms with Crippen molar-refractivity contribution in [3.8, 4) is 0 Å². The molecule has 0 saturated carbocycles. The molecule has 0 aliphatic heterocycles. The number of carbonyl (C=O) groups is 4. The molecular formula is C83H138O17P2. The summed E-state index contributed by atoms with van der Waals surface area (Å²) < 4.78 is 68.4. The van der Waals surface area contributed by atoms with Crippen LogP contribution in [-0.2, 0) is 65.4 Å². The Balaban J connectivity index is 5.45. The van der Waals surface area contributed by atoms with Gasteiger partial charge >= 0.3 is 39.5 Å². The highest BCUT2D eigenvalue weighted by atomic mass is 31.2. The van der Waals surface area contributed by atoms with Gasteiger partial charge in [-0.05, 0) is 128 Å². The SMILES string of the molecule is CC/C=C\C/C=C\C/C=C\C/C=C\C/C=C\CC(=O)OCC(COP(=O)(O)OCC(O)COP(=O)(O)OCC(COC(=O)CCCCCCCC/C=C\C/C=C\C/C=C\CCCCC)OC(=O)CCCC/C=C\C/C=C\C/C=C\C/C=C\CC)OC(=O)CCCCCCCCCCCCCCC. The van der Waals surface area contributed by atoms with Crippen LogP contribution in [0.3, 0.4) is 0 Å². The third-order valence-corrected chi connectivity index (χ3v) is 17.7. The topological polar surface area (TPSA) is 237 Å². The molecule has 0 aromatic rings. The average Bonchev–Trinajstić information content (AvgIpc) is 0.909. The second kappa shape index (κ2) is 74.2. The maximum atomic E-state index is 13.1. The fourth-order valence-corrected chi connectivity index (χ4v) is 11.5. The van der Waals surface area contributed by atoms with E-state index in [1.54, 1.807) is 6.08 Å². The number of hydrogen-bond acceptors (Lipinski definition) is 15. The van der Waals surface area contributed by atoms with Crippen molar-refractivity contribution in [1.82, 2.24) is 0 Å². The normalized spacial score (nSPS) is 14.7. The molecule has 5 atom stereocenters. The van der Waals surface area contributed by atoms with E-state index in [1.165, 1.54) is 70.6 Å². The van der Waals surface area contributed by atoms with E-state index >= 15 is 0 Å². The molecule has 17 nitrogen and oxygen atoms in total. The molecule has 0 aromatic carbocycles. The zero-order chi connectivity index (χ0) is 74.6. The lowest BCUT2D eigenvalue weighted by molar-refractivity contribution is -0.161. The van der Waals surface area contributed by atoms with Crippen LogP contribution in [-0.4, -0.2) is 96.7 Å². The van der Waals surface area contributed by atoms with E-state index < -0.39 is 97.5 Å². The summed E-state index contributed by atoms with van der Waals surface area (Å²) in [6.45, 7) is 4.44. The predicted molar refractivity (Wildman–Crippen MR) is 417 cm³/mol. The van der Waals surface area contributed by atoms with Crippen molar-refractivity contribution in [3.63, 3.8) is 0 Å². The highest BCUT2D eigenvalue weighted by Gasteiger charge is 2.30. The van der Waals surface area contributed by atoms with Crippen LogP contribution in [0, 0.1) is 0 Å². The Morgan fingerprint density at radius 1 is 0.294 bits per heavy atom. The van der Waals surface area contributed by atoms with Crippen molar-refractivity contribution in [3.05, 3.63) is 146 Å². The summed E-state index contributed by atoms with van der Waals surface area (Å²) in [7, 11) is -10.0. The van der Waals surface area contributed by atoms with Crippen molar-refractivity contribution in [2.24, 2.45) is 0 Å². The number of rotatable bonds is 72. The van der Waals surface area contributed by atoms with Gasteiger partial charge in [-0.25, -0.2) is 9.13 Å². The molecule has 0 radical (unpaired) electrons. The first-order valence-corrected chi connectivity index (χ1v) is 42.1. The molecule has 0 amide bonds. The van der Waals surface area contributed by atoms with Gasteiger partial charge in [-0.1, -0.05) is 289 Å². The molecule has 5 unspecified atom stereocenters.